The largest absolute Gasteiger partial charge is 1.00 e. The summed E-state index contributed by atoms with van der Waals surface area (Å²) in [5, 5.41) is 5.42. The van der Waals surface area contributed by atoms with Gasteiger partial charge in [-0.05, 0) is 18.3 Å². The van der Waals surface area contributed by atoms with Crippen LogP contribution >= 0.6 is 23.6 Å². The molecule has 1 heterocycles. The molecule has 0 radical (unpaired) electrons. The van der Waals surface area contributed by atoms with E-state index in [-0.39, 0.29) is 22.1 Å². The third-order valence-corrected chi connectivity index (χ3v) is 3.71. The standard InChI is InChI=1S/C12H14N4S2.BrH/c1-9-16(8-4-7-14-15-12(13)17)10-5-2-3-6-11(10)18-9;/h2-3,5-7H,4,8H2,1H3,(H2-,13,15,17);1H. The number of nitrogens with zero attached hydrogens (tertiary/aromatic N) is 2. The van der Waals surface area contributed by atoms with Crippen LogP contribution in [0.15, 0.2) is 29.4 Å². The number of thiazole rings is 1. The zero-order chi connectivity index (χ0) is 13.0. The Kier molecular flexibility index (Phi) is 6.33. The van der Waals surface area contributed by atoms with E-state index in [1.165, 1.54) is 15.2 Å². The van der Waals surface area contributed by atoms with Crippen LogP contribution in [0.3, 0.4) is 0 Å². The van der Waals surface area contributed by atoms with Crippen LogP contribution in [-0.2, 0) is 6.54 Å². The Morgan fingerprint density at radius 3 is 3.00 bits per heavy atom. The van der Waals surface area contributed by atoms with Gasteiger partial charge in [0, 0.05) is 25.6 Å². The number of halogens is 1. The summed E-state index contributed by atoms with van der Waals surface area (Å²) in [5.74, 6) is 0. The van der Waals surface area contributed by atoms with Crippen molar-refractivity contribution in [2.75, 3.05) is 0 Å². The Labute approximate surface area is 132 Å². The number of rotatable bonds is 4. The van der Waals surface area contributed by atoms with Crippen molar-refractivity contribution in [1.82, 2.24) is 5.43 Å². The maximum Gasteiger partial charge on any atom is 0.235 e. The Morgan fingerprint density at radius 2 is 2.26 bits per heavy atom. The number of aromatic nitrogens is 1. The van der Waals surface area contributed by atoms with E-state index in [1.54, 1.807) is 6.21 Å². The smallest absolute Gasteiger partial charge is 0.235 e. The van der Waals surface area contributed by atoms with Crippen molar-refractivity contribution < 1.29 is 21.5 Å². The minimum atomic E-state index is 0. The maximum atomic E-state index is 5.27. The lowest BCUT2D eigenvalue weighted by molar-refractivity contribution is -0.671. The van der Waals surface area contributed by atoms with Crippen molar-refractivity contribution in [2.24, 2.45) is 10.8 Å². The van der Waals surface area contributed by atoms with Crippen molar-refractivity contribution in [1.29, 1.82) is 0 Å². The number of aryl methyl sites for hydroxylation is 2. The number of hydrogen-bond donors (Lipinski definition) is 2. The van der Waals surface area contributed by atoms with Crippen molar-refractivity contribution in [3.63, 3.8) is 0 Å². The quantitative estimate of drug-likeness (QED) is 0.309. The lowest BCUT2D eigenvalue weighted by atomic mass is 10.3. The van der Waals surface area contributed by atoms with Crippen molar-refractivity contribution in [3.8, 4) is 0 Å². The summed E-state index contributed by atoms with van der Waals surface area (Å²) in [6.45, 7) is 3.04. The van der Waals surface area contributed by atoms with Crippen molar-refractivity contribution in [2.45, 2.75) is 19.9 Å². The number of para-hydroxylation sites is 1. The van der Waals surface area contributed by atoms with E-state index in [1.807, 2.05) is 11.3 Å². The molecule has 19 heavy (non-hydrogen) atoms. The van der Waals surface area contributed by atoms with Gasteiger partial charge in [-0.3, -0.25) is 5.43 Å². The highest BCUT2D eigenvalue weighted by molar-refractivity contribution is 7.80. The van der Waals surface area contributed by atoms with Crippen LogP contribution < -0.4 is 32.7 Å². The number of hydrazone groups is 1. The molecule has 1 aromatic heterocycles. The minimum absolute atomic E-state index is 0. The molecule has 2 rings (SSSR count). The average Bonchev–Trinajstić information content (AvgIpc) is 2.65. The fraction of sp³-hybridized carbons (Fsp3) is 0.250. The third-order valence-electron chi connectivity index (χ3n) is 2.54. The van der Waals surface area contributed by atoms with E-state index in [0.29, 0.717) is 0 Å². The van der Waals surface area contributed by atoms with Gasteiger partial charge in [-0.1, -0.05) is 23.5 Å². The summed E-state index contributed by atoms with van der Waals surface area (Å²) in [4.78, 5) is 0. The number of nitrogens with two attached hydrogens (primary N) is 1. The molecule has 0 aliphatic heterocycles. The molecule has 4 nitrogen and oxygen atoms in total. The van der Waals surface area contributed by atoms with Gasteiger partial charge in [-0.15, -0.1) is 0 Å². The molecule has 0 spiro atoms. The zero-order valence-electron chi connectivity index (χ0n) is 10.5. The van der Waals surface area contributed by atoms with Gasteiger partial charge in [0.25, 0.3) is 0 Å². The van der Waals surface area contributed by atoms with E-state index in [9.17, 15) is 0 Å². The summed E-state index contributed by atoms with van der Waals surface area (Å²) < 4.78 is 3.61. The number of hydrogen-bond acceptors (Lipinski definition) is 3. The predicted octanol–water partition coefficient (Wildman–Crippen LogP) is -1.29. The van der Waals surface area contributed by atoms with E-state index >= 15 is 0 Å². The molecule has 0 fully saturated rings. The number of nitrogens with one attached hydrogen (secondary N) is 1. The molecule has 0 amide bonds. The highest BCUT2D eigenvalue weighted by Crippen LogP contribution is 2.19. The second kappa shape index (κ2) is 7.52. The molecule has 2 aromatic rings. The summed E-state index contributed by atoms with van der Waals surface area (Å²) in [5.41, 5.74) is 9.09. The lowest BCUT2D eigenvalue weighted by Crippen LogP contribution is -3.00. The van der Waals surface area contributed by atoms with Crippen LogP contribution in [0, 0.1) is 6.92 Å². The van der Waals surface area contributed by atoms with Gasteiger partial charge in [0.1, 0.15) is 4.70 Å². The second-order valence-corrected chi connectivity index (χ2v) is 5.49. The monoisotopic (exact) mass is 358 g/mol. The molecule has 0 unspecified atom stereocenters. The van der Waals surface area contributed by atoms with Crippen LogP contribution in [0.5, 0.6) is 0 Å². The fourth-order valence-corrected chi connectivity index (χ4v) is 2.89. The first kappa shape index (κ1) is 16.0. The highest BCUT2D eigenvalue weighted by Gasteiger charge is 2.15. The van der Waals surface area contributed by atoms with Crippen LogP contribution in [0.1, 0.15) is 11.4 Å². The van der Waals surface area contributed by atoms with E-state index in [0.717, 1.165) is 13.0 Å². The van der Waals surface area contributed by atoms with Crippen LogP contribution in [0.25, 0.3) is 10.2 Å². The summed E-state index contributed by atoms with van der Waals surface area (Å²) >= 11 is 6.47. The number of benzene rings is 1. The Balaban J connectivity index is 0.00000180. The summed E-state index contributed by atoms with van der Waals surface area (Å²) in [7, 11) is 0. The van der Waals surface area contributed by atoms with Gasteiger partial charge in [0.05, 0.1) is 0 Å². The minimum Gasteiger partial charge on any atom is -1.00 e. The molecule has 0 atom stereocenters. The Hall–Kier alpha value is -1.05. The van der Waals surface area contributed by atoms with Crippen molar-refractivity contribution in [3.05, 3.63) is 29.3 Å². The van der Waals surface area contributed by atoms with Gasteiger partial charge in [-0.25, -0.2) is 0 Å². The van der Waals surface area contributed by atoms with Gasteiger partial charge >= 0.3 is 0 Å². The highest BCUT2D eigenvalue weighted by atomic mass is 79.9. The molecule has 1 aromatic carbocycles. The maximum absolute atomic E-state index is 5.27. The molecule has 0 aliphatic rings. The van der Waals surface area contributed by atoms with E-state index < -0.39 is 0 Å². The first-order chi connectivity index (χ1) is 8.68. The SMILES string of the molecule is Cc1sc2ccccc2[n+]1CCC=NNC(N)=S.[Br-]. The Morgan fingerprint density at radius 1 is 1.53 bits per heavy atom. The molecule has 102 valence electrons. The van der Waals surface area contributed by atoms with Gasteiger partial charge in [0.15, 0.2) is 11.7 Å². The Bertz CT molecular complexity index is 594. The number of fused-ring (bicyclic) bond motifs is 1. The number of thiocarbonyl (C=S) groups is 1. The van der Waals surface area contributed by atoms with E-state index in [2.05, 4.69) is 58.5 Å². The van der Waals surface area contributed by atoms with Gasteiger partial charge in [0.2, 0.25) is 10.5 Å². The average molecular weight is 359 g/mol. The lowest BCUT2D eigenvalue weighted by Gasteiger charge is -1.95. The molecule has 0 bridgehead atoms. The van der Waals surface area contributed by atoms with Crippen molar-refractivity contribution >= 4 is 45.1 Å². The fourth-order valence-electron chi connectivity index (χ4n) is 1.79. The van der Waals surface area contributed by atoms with Crippen LogP contribution in [0.4, 0.5) is 0 Å². The molecule has 0 aliphatic carbocycles. The molecular formula is C12H15BrN4S2. The van der Waals surface area contributed by atoms with Crippen LogP contribution in [0.2, 0.25) is 0 Å². The molecular weight excluding hydrogens is 344 g/mol. The second-order valence-electron chi connectivity index (χ2n) is 3.82. The van der Waals surface area contributed by atoms with E-state index in [4.69, 9.17) is 5.73 Å². The zero-order valence-corrected chi connectivity index (χ0v) is 13.7. The first-order valence-electron chi connectivity index (χ1n) is 5.63. The molecule has 0 saturated carbocycles. The topological polar surface area (TPSA) is 54.3 Å². The van der Waals surface area contributed by atoms with Crippen LogP contribution in [-0.4, -0.2) is 11.3 Å². The summed E-state index contributed by atoms with van der Waals surface area (Å²) in [6, 6.07) is 8.42. The predicted molar refractivity (Wildman–Crippen MR) is 79.8 cm³/mol. The summed E-state index contributed by atoms with van der Waals surface area (Å²) in [6.07, 6.45) is 2.62. The molecule has 3 N–H and O–H groups in total. The molecule has 0 saturated heterocycles. The third kappa shape index (κ3) is 4.22. The first-order valence-corrected chi connectivity index (χ1v) is 6.86. The molecule has 7 heteroatoms. The normalized spacial score (nSPS) is 10.6. The van der Waals surface area contributed by atoms with Gasteiger partial charge in [-0.2, -0.15) is 9.67 Å². The van der Waals surface area contributed by atoms with Gasteiger partial charge < -0.3 is 22.7 Å².